The molecule has 1 amide bonds. The molecule has 0 spiro atoms. The predicted octanol–water partition coefficient (Wildman–Crippen LogP) is -0.225. The molecule has 1 aliphatic heterocycles. The topological polar surface area (TPSA) is 67.9 Å². The molecule has 0 saturated carbocycles. The van der Waals surface area contributed by atoms with Crippen molar-refractivity contribution in [3.63, 3.8) is 0 Å². The third-order valence-corrected chi connectivity index (χ3v) is 2.84. The van der Waals surface area contributed by atoms with Crippen molar-refractivity contribution >= 4 is 11.9 Å². The fourth-order valence-electron chi connectivity index (χ4n) is 1.95. The zero-order valence-corrected chi connectivity index (χ0v) is 11.3. The van der Waals surface area contributed by atoms with Crippen LogP contribution >= 0.6 is 0 Å². The second-order valence-electron chi connectivity index (χ2n) is 4.55. The van der Waals surface area contributed by atoms with Crippen LogP contribution in [0.15, 0.2) is 0 Å². The quantitative estimate of drug-likeness (QED) is 0.545. The third-order valence-electron chi connectivity index (χ3n) is 2.84. The van der Waals surface area contributed by atoms with Gasteiger partial charge in [0.05, 0.1) is 19.8 Å². The van der Waals surface area contributed by atoms with E-state index >= 15 is 0 Å². The lowest BCUT2D eigenvalue weighted by atomic mass is 10.1. The molecule has 1 N–H and O–H groups in total. The Bertz CT molecular complexity index is 294. The minimum Gasteiger partial charge on any atom is -0.464 e. The van der Waals surface area contributed by atoms with Crippen molar-refractivity contribution in [2.45, 2.75) is 32.9 Å². The maximum atomic E-state index is 12.0. The van der Waals surface area contributed by atoms with Crippen molar-refractivity contribution in [1.82, 2.24) is 10.2 Å². The van der Waals surface area contributed by atoms with Gasteiger partial charge >= 0.3 is 5.97 Å². The molecule has 0 aromatic heterocycles. The van der Waals surface area contributed by atoms with Gasteiger partial charge in [-0.1, -0.05) is 0 Å². The highest BCUT2D eigenvalue weighted by Gasteiger charge is 2.30. The number of hydrogen-bond acceptors (Lipinski definition) is 5. The van der Waals surface area contributed by atoms with Crippen LogP contribution in [0.1, 0.15) is 20.8 Å². The van der Waals surface area contributed by atoms with Gasteiger partial charge in [0.15, 0.2) is 0 Å². The summed E-state index contributed by atoms with van der Waals surface area (Å²) in [5, 5.41) is 2.75. The molecule has 1 heterocycles. The lowest BCUT2D eigenvalue weighted by Crippen LogP contribution is -2.56. The van der Waals surface area contributed by atoms with Crippen LogP contribution in [0.4, 0.5) is 0 Å². The van der Waals surface area contributed by atoms with E-state index in [0.29, 0.717) is 25.8 Å². The van der Waals surface area contributed by atoms with Gasteiger partial charge in [-0.25, -0.2) is 0 Å². The van der Waals surface area contributed by atoms with Crippen LogP contribution in [0.5, 0.6) is 0 Å². The van der Waals surface area contributed by atoms with E-state index in [1.807, 2.05) is 0 Å². The van der Waals surface area contributed by atoms with E-state index in [4.69, 9.17) is 9.47 Å². The summed E-state index contributed by atoms with van der Waals surface area (Å²) in [6, 6.07) is 0.0502. The summed E-state index contributed by atoms with van der Waals surface area (Å²) >= 11 is 0. The Morgan fingerprint density at radius 1 is 1.50 bits per heavy atom. The molecule has 6 heteroatoms. The third kappa shape index (κ3) is 4.62. The average Bonchev–Trinajstić information content (AvgIpc) is 2.34. The van der Waals surface area contributed by atoms with Gasteiger partial charge in [0.1, 0.15) is 12.6 Å². The Kier molecular flexibility index (Phi) is 6.07. The van der Waals surface area contributed by atoms with Gasteiger partial charge in [-0.2, -0.15) is 0 Å². The van der Waals surface area contributed by atoms with E-state index in [-0.39, 0.29) is 24.5 Å². The number of carbonyl (C=O) groups is 2. The zero-order chi connectivity index (χ0) is 13.5. The first kappa shape index (κ1) is 14.9. The Labute approximate surface area is 108 Å². The molecule has 0 aliphatic carbocycles. The molecular weight excluding hydrogens is 236 g/mol. The van der Waals surface area contributed by atoms with Crippen LogP contribution in [0.2, 0.25) is 0 Å². The van der Waals surface area contributed by atoms with Gasteiger partial charge in [0.25, 0.3) is 0 Å². The van der Waals surface area contributed by atoms with Crippen LogP contribution in [-0.4, -0.2) is 61.8 Å². The van der Waals surface area contributed by atoms with E-state index in [1.165, 1.54) is 6.92 Å². The fraction of sp³-hybridized carbons (Fsp3) is 0.833. The number of nitrogens with one attached hydrogen (secondary N) is 1. The summed E-state index contributed by atoms with van der Waals surface area (Å²) in [5.41, 5.74) is 0. The molecule has 1 aliphatic rings. The molecular formula is C12H22N2O4. The summed E-state index contributed by atoms with van der Waals surface area (Å²) in [4.78, 5) is 24.7. The average molecular weight is 258 g/mol. The monoisotopic (exact) mass is 258 g/mol. The Morgan fingerprint density at radius 2 is 2.22 bits per heavy atom. The van der Waals surface area contributed by atoms with Gasteiger partial charge < -0.3 is 14.8 Å². The number of ether oxygens (including phenoxy) is 2. The van der Waals surface area contributed by atoms with Crippen molar-refractivity contribution in [2.75, 3.05) is 32.9 Å². The largest absolute Gasteiger partial charge is 0.464 e. The molecule has 18 heavy (non-hydrogen) atoms. The maximum Gasteiger partial charge on any atom is 0.302 e. The standard InChI is InChI=1S/C12H22N2O4/c1-9(2)14-5-7-17-8-11(14)12(16)13-4-6-18-10(3)15/h9,11H,4-8H2,1-3H3,(H,13,16)/t11-/m0/s1. The minimum absolute atomic E-state index is 0.0736. The highest BCUT2D eigenvalue weighted by atomic mass is 16.5. The Balaban J connectivity index is 2.36. The van der Waals surface area contributed by atoms with E-state index in [2.05, 4.69) is 24.1 Å². The second-order valence-corrected chi connectivity index (χ2v) is 4.55. The number of morpholine rings is 1. The number of rotatable bonds is 5. The fourth-order valence-corrected chi connectivity index (χ4v) is 1.95. The summed E-state index contributed by atoms with van der Waals surface area (Å²) in [6.45, 7) is 7.84. The van der Waals surface area contributed by atoms with E-state index < -0.39 is 0 Å². The van der Waals surface area contributed by atoms with Crippen LogP contribution in [0.3, 0.4) is 0 Å². The van der Waals surface area contributed by atoms with Crippen molar-refractivity contribution in [1.29, 1.82) is 0 Å². The lowest BCUT2D eigenvalue weighted by molar-refractivity contribution is -0.142. The van der Waals surface area contributed by atoms with Gasteiger partial charge in [0.2, 0.25) is 5.91 Å². The normalized spacial score (nSPS) is 20.8. The predicted molar refractivity (Wildman–Crippen MR) is 66.1 cm³/mol. The van der Waals surface area contributed by atoms with Crippen molar-refractivity contribution < 1.29 is 19.1 Å². The van der Waals surface area contributed by atoms with Gasteiger partial charge in [-0.15, -0.1) is 0 Å². The van der Waals surface area contributed by atoms with Crippen molar-refractivity contribution in [2.24, 2.45) is 0 Å². The summed E-state index contributed by atoms with van der Waals surface area (Å²) in [6.07, 6.45) is 0. The first-order chi connectivity index (χ1) is 8.52. The SMILES string of the molecule is CC(=O)OCCNC(=O)[C@@H]1COCCN1C(C)C. The van der Waals surface area contributed by atoms with Crippen molar-refractivity contribution in [3.8, 4) is 0 Å². The Hall–Kier alpha value is -1.14. The molecule has 0 unspecified atom stereocenters. The summed E-state index contributed by atoms with van der Waals surface area (Å²) in [7, 11) is 0. The first-order valence-corrected chi connectivity index (χ1v) is 6.27. The summed E-state index contributed by atoms with van der Waals surface area (Å²) in [5.74, 6) is -0.412. The molecule has 6 nitrogen and oxygen atoms in total. The van der Waals surface area contributed by atoms with Gasteiger partial charge in [-0.05, 0) is 13.8 Å². The summed E-state index contributed by atoms with van der Waals surface area (Å²) < 4.78 is 10.1. The number of hydrogen-bond donors (Lipinski definition) is 1. The van der Waals surface area contributed by atoms with Crippen LogP contribution in [0.25, 0.3) is 0 Å². The number of amides is 1. The smallest absolute Gasteiger partial charge is 0.302 e. The Morgan fingerprint density at radius 3 is 2.83 bits per heavy atom. The van der Waals surface area contributed by atoms with Crippen molar-refractivity contribution in [3.05, 3.63) is 0 Å². The molecule has 1 atom stereocenters. The number of esters is 1. The highest BCUT2D eigenvalue weighted by Crippen LogP contribution is 2.10. The van der Waals surface area contributed by atoms with Gasteiger partial charge in [-0.3, -0.25) is 14.5 Å². The minimum atomic E-state index is -0.339. The molecule has 104 valence electrons. The molecule has 1 rings (SSSR count). The number of nitrogens with zero attached hydrogens (tertiary/aromatic N) is 1. The van der Waals surface area contributed by atoms with E-state index in [9.17, 15) is 9.59 Å². The van der Waals surface area contributed by atoms with E-state index in [1.54, 1.807) is 0 Å². The second kappa shape index (κ2) is 7.33. The van der Waals surface area contributed by atoms with E-state index in [0.717, 1.165) is 6.54 Å². The molecule has 1 fully saturated rings. The maximum absolute atomic E-state index is 12.0. The van der Waals surface area contributed by atoms with Crippen LogP contribution < -0.4 is 5.32 Å². The molecule has 0 aromatic carbocycles. The van der Waals surface area contributed by atoms with Crippen LogP contribution in [-0.2, 0) is 19.1 Å². The highest BCUT2D eigenvalue weighted by molar-refractivity contribution is 5.82. The lowest BCUT2D eigenvalue weighted by Gasteiger charge is -2.37. The number of carbonyl (C=O) groups excluding carboxylic acids is 2. The molecule has 1 saturated heterocycles. The first-order valence-electron chi connectivity index (χ1n) is 6.27. The van der Waals surface area contributed by atoms with Gasteiger partial charge in [0, 0.05) is 19.5 Å². The molecule has 0 bridgehead atoms. The van der Waals surface area contributed by atoms with Crippen LogP contribution in [0, 0.1) is 0 Å². The molecule has 0 radical (unpaired) electrons. The zero-order valence-electron chi connectivity index (χ0n) is 11.3. The molecule has 0 aromatic rings.